The number of ether oxygens (including phenoxy) is 1. The highest BCUT2D eigenvalue weighted by atomic mass is 16.5. The van der Waals surface area contributed by atoms with E-state index < -0.39 is 5.41 Å². The van der Waals surface area contributed by atoms with Crippen molar-refractivity contribution in [3.63, 3.8) is 0 Å². The molecule has 2 aromatic rings. The number of aromatic nitrogens is 1. The van der Waals surface area contributed by atoms with E-state index in [4.69, 9.17) is 4.74 Å². The summed E-state index contributed by atoms with van der Waals surface area (Å²) < 4.78 is 5.47. The summed E-state index contributed by atoms with van der Waals surface area (Å²) in [5, 5.41) is 3.00. The minimum atomic E-state index is -0.413. The number of morpholine rings is 1. The molecule has 0 bridgehead atoms. The predicted molar refractivity (Wildman–Crippen MR) is 108 cm³/mol. The van der Waals surface area contributed by atoms with Gasteiger partial charge in [-0.15, -0.1) is 0 Å². The molecule has 1 saturated heterocycles. The molecule has 0 spiro atoms. The van der Waals surface area contributed by atoms with E-state index in [0.29, 0.717) is 5.82 Å². The lowest BCUT2D eigenvalue weighted by Gasteiger charge is -2.28. The highest BCUT2D eigenvalue weighted by Gasteiger charge is 2.26. The van der Waals surface area contributed by atoms with Gasteiger partial charge in [-0.1, -0.05) is 51.1 Å². The minimum Gasteiger partial charge on any atom is -0.379 e. The van der Waals surface area contributed by atoms with Crippen LogP contribution in [0.1, 0.15) is 32.8 Å². The number of nitrogens with zero attached hydrogens (tertiary/aromatic N) is 2. The maximum absolute atomic E-state index is 12.5. The molecule has 0 aliphatic carbocycles. The van der Waals surface area contributed by atoms with E-state index >= 15 is 0 Å². The summed E-state index contributed by atoms with van der Waals surface area (Å²) in [4.78, 5) is 19.4. The molecule has 0 radical (unpaired) electrons. The summed E-state index contributed by atoms with van der Waals surface area (Å²) in [7, 11) is 0. The lowest BCUT2D eigenvalue weighted by Crippen LogP contribution is -2.35. The molecule has 1 N–H and O–H groups in total. The first-order valence-corrected chi connectivity index (χ1v) is 9.65. The zero-order chi connectivity index (χ0) is 19.3. The largest absolute Gasteiger partial charge is 0.379 e. The Hall–Kier alpha value is -2.24. The average molecular weight is 367 g/mol. The predicted octanol–water partition coefficient (Wildman–Crippen LogP) is 3.96. The van der Waals surface area contributed by atoms with E-state index in [-0.39, 0.29) is 5.91 Å². The lowest BCUT2D eigenvalue weighted by atomic mass is 9.89. The molecule has 27 heavy (non-hydrogen) atoms. The zero-order valence-corrected chi connectivity index (χ0v) is 16.5. The van der Waals surface area contributed by atoms with Crippen molar-refractivity contribution in [3.8, 4) is 11.1 Å². The Morgan fingerprint density at radius 1 is 1.22 bits per heavy atom. The molecule has 5 nitrogen and oxygen atoms in total. The van der Waals surface area contributed by atoms with Crippen LogP contribution in [0.3, 0.4) is 0 Å². The third-order valence-corrected chi connectivity index (χ3v) is 5.31. The molecule has 1 amide bonds. The second kappa shape index (κ2) is 8.63. The van der Waals surface area contributed by atoms with Crippen LogP contribution in [-0.2, 0) is 16.1 Å². The first-order chi connectivity index (χ1) is 13.0. The van der Waals surface area contributed by atoms with Crippen molar-refractivity contribution in [3.05, 3.63) is 48.2 Å². The lowest BCUT2D eigenvalue weighted by molar-refractivity contribution is -0.124. The van der Waals surface area contributed by atoms with E-state index in [1.54, 1.807) is 0 Å². The normalized spacial score (nSPS) is 15.5. The summed E-state index contributed by atoms with van der Waals surface area (Å²) in [5.41, 5.74) is 3.00. The van der Waals surface area contributed by atoms with Gasteiger partial charge in [0.25, 0.3) is 0 Å². The molecule has 0 atom stereocenters. The van der Waals surface area contributed by atoms with Crippen LogP contribution in [0.15, 0.2) is 42.6 Å². The van der Waals surface area contributed by atoms with E-state index in [9.17, 15) is 4.79 Å². The van der Waals surface area contributed by atoms with E-state index in [1.165, 1.54) is 5.56 Å². The second-order valence-electron chi connectivity index (χ2n) is 7.67. The van der Waals surface area contributed by atoms with Gasteiger partial charge in [0.15, 0.2) is 0 Å². The summed E-state index contributed by atoms with van der Waals surface area (Å²) in [6.07, 6.45) is 2.65. The van der Waals surface area contributed by atoms with Crippen LogP contribution in [0.4, 0.5) is 5.82 Å². The Labute approximate surface area is 161 Å². The van der Waals surface area contributed by atoms with Crippen LogP contribution < -0.4 is 5.32 Å². The highest BCUT2D eigenvalue weighted by Crippen LogP contribution is 2.28. The van der Waals surface area contributed by atoms with Crippen LogP contribution in [0.2, 0.25) is 0 Å². The zero-order valence-electron chi connectivity index (χ0n) is 16.5. The molecule has 1 fully saturated rings. The summed E-state index contributed by atoms with van der Waals surface area (Å²) in [6.45, 7) is 10.1. The molecule has 1 aromatic carbocycles. The fraction of sp³-hybridized carbons (Fsp3) is 0.455. The Kier molecular flexibility index (Phi) is 6.24. The van der Waals surface area contributed by atoms with Crippen molar-refractivity contribution in [2.75, 3.05) is 31.6 Å². The van der Waals surface area contributed by atoms with Crippen LogP contribution in [0, 0.1) is 5.41 Å². The van der Waals surface area contributed by atoms with Gasteiger partial charge in [-0.25, -0.2) is 4.98 Å². The Bertz CT molecular complexity index is 768. The molecule has 1 aromatic heterocycles. The molecule has 1 aliphatic heterocycles. The summed E-state index contributed by atoms with van der Waals surface area (Å²) >= 11 is 0. The molecule has 3 rings (SSSR count). The van der Waals surface area contributed by atoms with Gasteiger partial charge in [0.05, 0.1) is 13.2 Å². The number of amides is 1. The first-order valence-electron chi connectivity index (χ1n) is 9.65. The Morgan fingerprint density at radius 2 is 1.93 bits per heavy atom. The number of carbonyl (C=O) groups excluding carboxylic acids is 1. The number of hydrogen-bond acceptors (Lipinski definition) is 4. The van der Waals surface area contributed by atoms with Gasteiger partial charge in [0.1, 0.15) is 5.82 Å². The SMILES string of the molecule is CCC(C)(C)C(=O)Nc1cc(CN2CCOCC2)c(-c2ccccc2)cn1. The van der Waals surface area contributed by atoms with Crippen LogP contribution in [0.5, 0.6) is 0 Å². The van der Waals surface area contributed by atoms with Crippen LogP contribution in [-0.4, -0.2) is 42.1 Å². The number of rotatable bonds is 6. The number of carbonyl (C=O) groups is 1. The van der Waals surface area contributed by atoms with Gasteiger partial charge >= 0.3 is 0 Å². The standard InChI is InChI=1S/C22H29N3O2/c1-4-22(2,3)21(26)24-20-14-18(16-25-10-12-27-13-11-25)19(15-23-20)17-8-6-5-7-9-17/h5-9,14-15H,4,10-13,16H2,1-3H3,(H,23,24,26). The van der Waals surface area contributed by atoms with Crippen LogP contribution in [0.25, 0.3) is 11.1 Å². The second-order valence-corrected chi connectivity index (χ2v) is 7.67. The first kappa shape index (κ1) is 19.5. The van der Waals surface area contributed by atoms with Gasteiger partial charge < -0.3 is 10.1 Å². The number of benzene rings is 1. The molecule has 2 heterocycles. The topological polar surface area (TPSA) is 54.5 Å². The van der Waals surface area contributed by atoms with Crippen molar-refractivity contribution >= 4 is 11.7 Å². The fourth-order valence-electron chi connectivity index (χ4n) is 3.02. The maximum Gasteiger partial charge on any atom is 0.231 e. The van der Waals surface area contributed by atoms with Gasteiger partial charge in [-0.3, -0.25) is 9.69 Å². The molecule has 1 aliphatic rings. The molecule has 0 unspecified atom stereocenters. The quantitative estimate of drug-likeness (QED) is 0.840. The molecule has 5 heteroatoms. The third kappa shape index (κ3) is 4.93. The maximum atomic E-state index is 12.5. The molecular formula is C22H29N3O2. The van der Waals surface area contributed by atoms with E-state index in [2.05, 4.69) is 27.3 Å². The Morgan fingerprint density at radius 3 is 2.59 bits per heavy atom. The molecule has 144 valence electrons. The van der Waals surface area contributed by atoms with Gasteiger partial charge in [0.2, 0.25) is 5.91 Å². The monoisotopic (exact) mass is 367 g/mol. The van der Waals surface area contributed by atoms with Gasteiger partial charge in [-0.2, -0.15) is 0 Å². The number of pyridine rings is 1. The molecular weight excluding hydrogens is 338 g/mol. The fourth-order valence-corrected chi connectivity index (χ4v) is 3.02. The van der Waals surface area contributed by atoms with E-state index in [1.807, 2.05) is 51.2 Å². The molecule has 0 saturated carbocycles. The Balaban J connectivity index is 1.89. The number of anilines is 1. The van der Waals surface area contributed by atoms with Crippen molar-refractivity contribution in [2.45, 2.75) is 33.7 Å². The highest BCUT2D eigenvalue weighted by molar-refractivity contribution is 5.94. The summed E-state index contributed by atoms with van der Waals surface area (Å²) in [6, 6.07) is 12.3. The number of hydrogen-bond donors (Lipinski definition) is 1. The van der Waals surface area contributed by atoms with Crippen molar-refractivity contribution in [1.82, 2.24) is 9.88 Å². The van der Waals surface area contributed by atoms with E-state index in [0.717, 1.165) is 50.4 Å². The van der Waals surface area contributed by atoms with Crippen molar-refractivity contribution < 1.29 is 9.53 Å². The van der Waals surface area contributed by atoms with Crippen molar-refractivity contribution in [1.29, 1.82) is 0 Å². The van der Waals surface area contributed by atoms with Gasteiger partial charge in [0, 0.05) is 36.8 Å². The average Bonchev–Trinajstić information content (AvgIpc) is 2.69. The van der Waals surface area contributed by atoms with Gasteiger partial charge in [-0.05, 0) is 23.6 Å². The smallest absolute Gasteiger partial charge is 0.231 e. The summed E-state index contributed by atoms with van der Waals surface area (Å²) in [5.74, 6) is 0.617. The third-order valence-electron chi connectivity index (χ3n) is 5.31. The minimum absolute atomic E-state index is 0.00211. The number of nitrogens with one attached hydrogen (secondary N) is 1. The van der Waals surface area contributed by atoms with Crippen LogP contribution >= 0.6 is 0 Å². The van der Waals surface area contributed by atoms with Crippen molar-refractivity contribution in [2.24, 2.45) is 5.41 Å².